The molecule has 0 bridgehead atoms. The second-order valence-electron chi connectivity index (χ2n) is 9.27. The van der Waals surface area contributed by atoms with Crippen LogP contribution in [0.2, 0.25) is 0 Å². The second-order valence-corrected chi connectivity index (χ2v) is 10.9. The lowest BCUT2D eigenvalue weighted by atomic mass is 10.0. The van der Waals surface area contributed by atoms with E-state index in [1.807, 2.05) is 7.05 Å². The van der Waals surface area contributed by atoms with E-state index in [0.29, 0.717) is 48.7 Å². The first-order valence-corrected chi connectivity index (χ1v) is 14.2. The minimum atomic E-state index is -3.49. The van der Waals surface area contributed by atoms with Crippen molar-refractivity contribution in [2.75, 3.05) is 32.7 Å². The van der Waals surface area contributed by atoms with E-state index in [-0.39, 0.29) is 31.0 Å². The third-order valence-electron chi connectivity index (χ3n) is 6.20. The minimum Gasteiger partial charge on any atom is -0.493 e. The van der Waals surface area contributed by atoms with Crippen molar-refractivity contribution in [1.29, 1.82) is 0 Å². The Kier molecular flexibility index (Phi) is 9.13. The summed E-state index contributed by atoms with van der Waals surface area (Å²) in [6.07, 6.45) is 6.12. The first-order chi connectivity index (χ1) is 18.2. The Balaban J connectivity index is 1.50. The fourth-order valence-corrected chi connectivity index (χ4v) is 4.76. The molecule has 3 aromatic rings. The average Bonchev–Trinajstić information content (AvgIpc) is 3.34. The molecule has 0 spiro atoms. The van der Waals surface area contributed by atoms with E-state index < -0.39 is 10.1 Å². The lowest BCUT2D eigenvalue weighted by Crippen LogP contribution is -2.43. The molecule has 11 heteroatoms. The molecule has 1 amide bonds. The number of imidazole rings is 1. The van der Waals surface area contributed by atoms with Gasteiger partial charge in [-0.15, -0.1) is 0 Å². The molecule has 38 heavy (non-hydrogen) atoms. The molecule has 1 aromatic heterocycles. The Hall–Kier alpha value is -3.28. The zero-order valence-electron chi connectivity index (χ0n) is 21.5. The number of hydrogen-bond acceptors (Lipinski definition) is 7. The van der Waals surface area contributed by atoms with Crippen molar-refractivity contribution >= 4 is 16.0 Å². The molecule has 204 valence electrons. The molecule has 0 atom stereocenters. The number of carbonyl (C=O) groups excluding carboxylic acids is 1. The maximum Gasteiger partial charge on any atom is 0.274 e. The molecule has 0 radical (unpaired) electrons. The predicted molar refractivity (Wildman–Crippen MR) is 140 cm³/mol. The van der Waals surface area contributed by atoms with Crippen molar-refractivity contribution in [3.63, 3.8) is 0 Å². The highest BCUT2D eigenvalue weighted by Crippen LogP contribution is 2.29. The van der Waals surface area contributed by atoms with Crippen LogP contribution in [0.15, 0.2) is 55.0 Å². The summed E-state index contributed by atoms with van der Waals surface area (Å²) >= 11 is 0. The van der Waals surface area contributed by atoms with Crippen LogP contribution < -0.4 is 4.74 Å². The van der Waals surface area contributed by atoms with Crippen LogP contribution in [0.1, 0.15) is 35.3 Å². The van der Waals surface area contributed by atoms with Crippen LogP contribution in [0, 0.1) is 5.82 Å². The standard InChI is InChI=1S/C27H32FN3O6S/c1-30-18-26(29-19-30)27(32)31(22-9-13-35-14-10-22)17-20-7-8-25(28)24(15-20)21-5-3-6-23(16-21)36-11-4-12-37-38(2,33)34/h3,5-8,15-16,18-19,22H,4,9-14,17H2,1-2H3. The quantitative estimate of drug-likeness (QED) is 0.267. The molecule has 1 fully saturated rings. The number of rotatable bonds is 11. The van der Waals surface area contributed by atoms with E-state index in [4.69, 9.17) is 13.7 Å². The molecule has 1 aliphatic heterocycles. The number of aromatic nitrogens is 2. The molecule has 2 aromatic carbocycles. The van der Waals surface area contributed by atoms with Gasteiger partial charge in [-0.25, -0.2) is 9.37 Å². The van der Waals surface area contributed by atoms with Crippen LogP contribution in [-0.4, -0.2) is 67.5 Å². The van der Waals surface area contributed by atoms with Gasteiger partial charge < -0.3 is 18.9 Å². The number of hydrogen-bond donors (Lipinski definition) is 0. The summed E-state index contributed by atoms with van der Waals surface area (Å²) in [5, 5.41) is 0. The van der Waals surface area contributed by atoms with Crippen molar-refractivity contribution < 1.29 is 31.3 Å². The summed E-state index contributed by atoms with van der Waals surface area (Å²) in [6.45, 7) is 1.74. The molecule has 4 rings (SSSR count). The van der Waals surface area contributed by atoms with Gasteiger partial charge in [0.1, 0.15) is 17.3 Å². The predicted octanol–water partition coefficient (Wildman–Crippen LogP) is 3.79. The normalized spacial score (nSPS) is 14.4. The first kappa shape index (κ1) is 27.7. The molecular formula is C27H32FN3O6S. The average molecular weight is 546 g/mol. The van der Waals surface area contributed by atoms with Crippen LogP contribution in [0.3, 0.4) is 0 Å². The van der Waals surface area contributed by atoms with Gasteiger partial charge in [0.05, 0.1) is 25.8 Å². The van der Waals surface area contributed by atoms with Gasteiger partial charge in [0.15, 0.2) is 0 Å². The van der Waals surface area contributed by atoms with Crippen molar-refractivity contribution in [2.45, 2.75) is 31.8 Å². The van der Waals surface area contributed by atoms with Crippen molar-refractivity contribution in [3.8, 4) is 16.9 Å². The molecule has 9 nitrogen and oxygen atoms in total. The second kappa shape index (κ2) is 12.5. The van der Waals surface area contributed by atoms with E-state index in [1.54, 1.807) is 58.4 Å². The van der Waals surface area contributed by atoms with Crippen LogP contribution in [0.5, 0.6) is 5.75 Å². The molecular weight excluding hydrogens is 513 g/mol. The van der Waals surface area contributed by atoms with Crippen molar-refractivity contribution in [2.24, 2.45) is 7.05 Å². The summed E-state index contributed by atoms with van der Waals surface area (Å²) < 4.78 is 54.7. The van der Waals surface area contributed by atoms with E-state index in [0.717, 1.165) is 24.7 Å². The summed E-state index contributed by atoms with van der Waals surface area (Å²) in [7, 11) is -1.67. The van der Waals surface area contributed by atoms with Crippen LogP contribution in [-0.2, 0) is 32.6 Å². The van der Waals surface area contributed by atoms with Gasteiger partial charge in [-0.3, -0.25) is 8.98 Å². The molecule has 2 heterocycles. The van der Waals surface area contributed by atoms with Crippen molar-refractivity contribution in [3.05, 3.63) is 72.1 Å². The Morgan fingerprint density at radius 3 is 2.68 bits per heavy atom. The highest BCUT2D eigenvalue weighted by atomic mass is 32.2. The summed E-state index contributed by atoms with van der Waals surface area (Å²) in [6, 6.07) is 11.9. The number of carbonyl (C=O) groups is 1. The van der Waals surface area contributed by atoms with E-state index in [9.17, 15) is 17.6 Å². The molecule has 1 aliphatic rings. The maximum absolute atomic E-state index is 14.9. The smallest absolute Gasteiger partial charge is 0.274 e. The molecule has 0 N–H and O–H groups in total. The molecule has 0 unspecified atom stereocenters. The Bertz CT molecular complexity index is 1350. The molecule has 0 aliphatic carbocycles. The Morgan fingerprint density at radius 1 is 1.18 bits per heavy atom. The first-order valence-electron chi connectivity index (χ1n) is 12.4. The lowest BCUT2D eigenvalue weighted by molar-refractivity contribution is 0.0264. The fraction of sp³-hybridized carbons (Fsp3) is 0.407. The molecule has 1 saturated heterocycles. The summed E-state index contributed by atoms with van der Waals surface area (Å²) in [5.74, 6) is -0.0273. The number of ether oxygens (including phenoxy) is 2. The van der Waals surface area contributed by atoms with Crippen LogP contribution >= 0.6 is 0 Å². The SMILES string of the molecule is Cn1cnc(C(=O)N(Cc2ccc(F)c(-c3cccc(OCCCOS(C)(=O)=O)c3)c2)C2CCOCC2)c1. The van der Waals surface area contributed by atoms with E-state index in [2.05, 4.69) is 4.98 Å². The number of benzene rings is 2. The highest BCUT2D eigenvalue weighted by molar-refractivity contribution is 7.85. The number of halogens is 1. The third kappa shape index (κ3) is 7.62. The van der Waals surface area contributed by atoms with Crippen LogP contribution in [0.25, 0.3) is 11.1 Å². The third-order valence-corrected chi connectivity index (χ3v) is 6.79. The van der Waals surface area contributed by atoms with Gasteiger partial charge in [0.25, 0.3) is 16.0 Å². The monoisotopic (exact) mass is 545 g/mol. The minimum absolute atomic E-state index is 0.00448. The number of nitrogens with zero attached hydrogens (tertiary/aromatic N) is 3. The van der Waals surface area contributed by atoms with E-state index >= 15 is 0 Å². The summed E-state index contributed by atoms with van der Waals surface area (Å²) in [4.78, 5) is 19.5. The topological polar surface area (TPSA) is 100.0 Å². The van der Waals surface area contributed by atoms with E-state index in [1.165, 1.54) is 6.07 Å². The van der Waals surface area contributed by atoms with Gasteiger partial charge >= 0.3 is 0 Å². The van der Waals surface area contributed by atoms with Crippen LogP contribution in [0.4, 0.5) is 4.39 Å². The zero-order chi connectivity index (χ0) is 27.1. The zero-order valence-corrected chi connectivity index (χ0v) is 22.3. The summed E-state index contributed by atoms with van der Waals surface area (Å²) in [5.41, 5.74) is 2.18. The molecule has 0 saturated carbocycles. The van der Waals surface area contributed by atoms with Gasteiger partial charge in [-0.05, 0) is 48.2 Å². The largest absolute Gasteiger partial charge is 0.493 e. The fourth-order valence-electron chi connectivity index (χ4n) is 4.34. The van der Waals surface area contributed by atoms with Gasteiger partial charge in [0.2, 0.25) is 0 Å². The number of amides is 1. The van der Waals surface area contributed by atoms with Gasteiger partial charge in [0, 0.05) is 51.0 Å². The highest BCUT2D eigenvalue weighted by Gasteiger charge is 2.28. The maximum atomic E-state index is 14.9. The van der Waals surface area contributed by atoms with Crippen molar-refractivity contribution in [1.82, 2.24) is 14.5 Å². The Labute approximate surface area is 222 Å². The van der Waals surface area contributed by atoms with Gasteiger partial charge in [-0.2, -0.15) is 8.42 Å². The number of aryl methyl sites for hydroxylation is 1. The lowest BCUT2D eigenvalue weighted by Gasteiger charge is -2.34. The van der Waals surface area contributed by atoms with Gasteiger partial charge in [-0.1, -0.05) is 18.2 Å². The Morgan fingerprint density at radius 2 is 1.97 bits per heavy atom.